The van der Waals surface area contributed by atoms with Gasteiger partial charge in [-0.05, 0) is 52.4 Å². The fourth-order valence-electron chi connectivity index (χ4n) is 2.93. The molecule has 2 rings (SSSR count). The number of nitrogens with one attached hydrogen (secondary N) is 1. The summed E-state index contributed by atoms with van der Waals surface area (Å²) < 4.78 is 0. The monoisotopic (exact) mass is 211 g/mol. The number of rotatable bonds is 5. The lowest BCUT2D eigenvalue weighted by Crippen LogP contribution is -2.41. The van der Waals surface area contributed by atoms with Crippen LogP contribution in [-0.4, -0.2) is 62.2 Å². The number of hydrogen-bond donors (Lipinski definition) is 1. The van der Waals surface area contributed by atoms with Crippen molar-refractivity contribution >= 4 is 0 Å². The van der Waals surface area contributed by atoms with E-state index in [1.807, 2.05) is 0 Å². The maximum Gasteiger partial charge on any atom is 0.0221 e. The van der Waals surface area contributed by atoms with Crippen molar-refractivity contribution in [2.24, 2.45) is 0 Å². The zero-order valence-electron chi connectivity index (χ0n) is 10.0. The molecule has 1 N–H and O–H groups in total. The fourth-order valence-corrected chi connectivity index (χ4v) is 2.93. The molecule has 2 aliphatic rings. The summed E-state index contributed by atoms with van der Waals surface area (Å²) in [4.78, 5) is 5.30. The van der Waals surface area contributed by atoms with E-state index in [1.54, 1.807) is 0 Å². The highest BCUT2D eigenvalue weighted by molar-refractivity contribution is 4.81. The third-order valence-corrected chi connectivity index (χ3v) is 3.84. The predicted molar refractivity (Wildman–Crippen MR) is 64.2 cm³/mol. The molecule has 0 radical (unpaired) electrons. The van der Waals surface area contributed by atoms with Crippen LogP contribution < -0.4 is 5.32 Å². The van der Waals surface area contributed by atoms with Gasteiger partial charge in [-0.15, -0.1) is 0 Å². The summed E-state index contributed by atoms with van der Waals surface area (Å²) in [5.41, 5.74) is 0. The van der Waals surface area contributed by atoms with Gasteiger partial charge in [-0.3, -0.25) is 4.90 Å². The van der Waals surface area contributed by atoms with E-state index in [0.717, 1.165) is 6.04 Å². The Morgan fingerprint density at radius 1 is 1.07 bits per heavy atom. The van der Waals surface area contributed by atoms with Crippen LogP contribution in [0.25, 0.3) is 0 Å². The molecule has 0 aromatic carbocycles. The summed E-state index contributed by atoms with van der Waals surface area (Å²) in [6.07, 6.45) is 5.62. The highest BCUT2D eigenvalue weighted by Gasteiger charge is 2.24. The highest BCUT2D eigenvalue weighted by Crippen LogP contribution is 2.16. The van der Waals surface area contributed by atoms with Crippen LogP contribution in [0.4, 0.5) is 0 Å². The number of hydrogen-bond acceptors (Lipinski definition) is 3. The van der Waals surface area contributed by atoms with Crippen molar-refractivity contribution in [3.05, 3.63) is 0 Å². The van der Waals surface area contributed by atoms with Gasteiger partial charge >= 0.3 is 0 Å². The van der Waals surface area contributed by atoms with E-state index < -0.39 is 0 Å². The summed E-state index contributed by atoms with van der Waals surface area (Å²) in [5, 5.41) is 3.31. The first-order valence-corrected chi connectivity index (χ1v) is 6.51. The third-order valence-electron chi connectivity index (χ3n) is 3.84. The molecule has 88 valence electrons. The molecule has 0 spiro atoms. The topological polar surface area (TPSA) is 18.5 Å². The molecule has 15 heavy (non-hydrogen) atoms. The molecule has 3 heteroatoms. The van der Waals surface area contributed by atoms with Crippen LogP contribution in [0.5, 0.6) is 0 Å². The first-order valence-electron chi connectivity index (χ1n) is 6.51. The Balaban J connectivity index is 1.68. The van der Waals surface area contributed by atoms with Crippen LogP contribution >= 0.6 is 0 Å². The van der Waals surface area contributed by atoms with Gasteiger partial charge in [-0.25, -0.2) is 0 Å². The van der Waals surface area contributed by atoms with Gasteiger partial charge < -0.3 is 10.2 Å². The second-order valence-corrected chi connectivity index (χ2v) is 4.94. The van der Waals surface area contributed by atoms with Crippen molar-refractivity contribution in [1.29, 1.82) is 0 Å². The second kappa shape index (κ2) is 5.83. The van der Waals surface area contributed by atoms with E-state index >= 15 is 0 Å². The molecule has 0 amide bonds. The Labute approximate surface area is 93.8 Å². The van der Waals surface area contributed by atoms with Crippen molar-refractivity contribution in [2.45, 2.75) is 31.7 Å². The number of likely N-dealkylation sites (tertiary alicyclic amines) is 2. The molecule has 1 atom stereocenters. The van der Waals surface area contributed by atoms with Gasteiger partial charge in [-0.1, -0.05) is 0 Å². The zero-order valence-corrected chi connectivity index (χ0v) is 10.0. The number of likely N-dealkylation sites (N-methyl/N-ethyl adjacent to an activating group) is 1. The lowest BCUT2D eigenvalue weighted by atomic mass is 10.2. The van der Waals surface area contributed by atoms with Gasteiger partial charge in [-0.2, -0.15) is 0 Å². The minimum absolute atomic E-state index is 0.803. The average molecular weight is 211 g/mol. The van der Waals surface area contributed by atoms with Crippen LogP contribution in [0.3, 0.4) is 0 Å². The van der Waals surface area contributed by atoms with Crippen molar-refractivity contribution in [2.75, 3.05) is 46.3 Å². The molecule has 0 aliphatic carbocycles. The molecule has 0 aromatic heterocycles. The summed E-state index contributed by atoms with van der Waals surface area (Å²) in [5.74, 6) is 0. The molecule has 2 aliphatic heterocycles. The van der Waals surface area contributed by atoms with E-state index in [2.05, 4.69) is 22.2 Å². The average Bonchev–Trinajstić information content (AvgIpc) is 2.85. The summed E-state index contributed by atoms with van der Waals surface area (Å²) >= 11 is 0. The maximum absolute atomic E-state index is 3.31. The SMILES string of the molecule is CNCC1CCCN1CCN1CCCC1. The summed E-state index contributed by atoms with van der Waals surface area (Å²) in [7, 11) is 2.07. The Morgan fingerprint density at radius 2 is 1.87 bits per heavy atom. The molecule has 3 nitrogen and oxygen atoms in total. The fraction of sp³-hybridized carbons (Fsp3) is 1.00. The first-order chi connectivity index (χ1) is 7.40. The van der Waals surface area contributed by atoms with E-state index in [9.17, 15) is 0 Å². The van der Waals surface area contributed by atoms with Crippen molar-refractivity contribution < 1.29 is 0 Å². The quantitative estimate of drug-likeness (QED) is 0.724. The Kier molecular flexibility index (Phi) is 4.42. The standard InChI is InChI=1S/C12H25N3/c1-13-11-12-5-4-8-15(12)10-9-14-6-2-3-7-14/h12-13H,2-11H2,1H3. The molecule has 0 saturated carbocycles. The van der Waals surface area contributed by atoms with Gasteiger partial charge in [0.15, 0.2) is 0 Å². The van der Waals surface area contributed by atoms with Gasteiger partial charge in [0.1, 0.15) is 0 Å². The van der Waals surface area contributed by atoms with Crippen LogP contribution in [-0.2, 0) is 0 Å². The second-order valence-electron chi connectivity index (χ2n) is 4.94. The minimum Gasteiger partial charge on any atom is -0.318 e. The normalized spacial score (nSPS) is 29.0. The molecular formula is C12H25N3. The molecule has 2 saturated heterocycles. The predicted octanol–water partition coefficient (Wildman–Crippen LogP) is 0.766. The first kappa shape index (κ1) is 11.4. The van der Waals surface area contributed by atoms with E-state index in [0.29, 0.717) is 0 Å². The summed E-state index contributed by atoms with van der Waals surface area (Å²) in [6.45, 7) is 7.74. The molecule has 2 fully saturated rings. The van der Waals surface area contributed by atoms with Gasteiger partial charge in [0, 0.05) is 25.7 Å². The Hall–Kier alpha value is -0.120. The Morgan fingerprint density at radius 3 is 2.60 bits per heavy atom. The molecule has 2 heterocycles. The van der Waals surface area contributed by atoms with E-state index in [-0.39, 0.29) is 0 Å². The molecule has 0 aromatic rings. The van der Waals surface area contributed by atoms with E-state index in [4.69, 9.17) is 0 Å². The van der Waals surface area contributed by atoms with Crippen molar-refractivity contribution in [1.82, 2.24) is 15.1 Å². The van der Waals surface area contributed by atoms with Crippen LogP contribution in [0.15, 0.2) is 0 Å². The van der Waals surface area contributed by atoms with Crippen LogP contribution in [0.1, 0.15) is 25.7 Å². The molecule has 0 bridgehead atoms. The molecule has 1 unspecified atom stereocenters. The zero-order chi connectivity index (χ0) is 10.5. The van der Waals surface area contributed by atoms with Gasteiger partial charge in [0.05, 0.1) is 0 Å². The molecular weight excluding hydrogens is 186 g/mol. The lowest BCUT2D eigenvalue weighted by molar-refractivity contribution is 0.210. The van der Waals surface area contributed by atoms with Crippen LogP contribution in [0.2, 0.25) is 0 Å². The summed E-state index contributed by atoms with van der Waals surface area (Å²) in [6, 6.07) is 0.803. The lowest BCUT2D eigenvalue weighted by Gasteiger charge is -2.26. The van der Waals surface area contributed by atoms with Crippen molar-refractivity contribution in [3.63, 3.8) is 0 Å². The van der Waals surface area contributed by atoms with Crippen LogP contribution in [0, 0.1) is 0 Å². The minimum atomic E-state index is 0.803. The van der Waals surface area contributed by atoms with Gasteiger partial charge in [0.25, 0.3) is 0 Å². The van der Waals surface area contributed by atoms with E-state index in [1.165, 1.54) is 65.0 Å². The highest BCUT2D eigenvalue weighted by atomic mass is 15.2. The van der Waals surface area contributed by atoms with Crippen molar-refractivity contribution in [3.8, 4) is 0 Å². The Bertz CT molecular complexity index is 178. The smallest absolute Gasteiger partial charge is 0.0221 e. The third kappa shape index (κ3) is 3.16. The number of nitrogens with zero attached hydrogens (tertiary/aromatic N) is 2. The van der Waals surface area contributed by atoms with Gasteiger partial charge in [0.2, 0.25) is 0 Å². The largest absolute Gasteiger partial charge is 0.318 e. The maximum atomic E-state index is 3.31.